The molecule has 0 aliphatic heterocycles. The van der Waals surface area contributed by atoms with Gasteiger partial charge in [0.25, 0.3) is 0 Å². The van der Waals surface area contributed by atoms with E-state index in [2.05, 4.69) is 55.6 Å². The lowest BCUT2D eigenvalue weighted by molar-refractivity contribution is 0.414. The Morgan fingerprint density at radius 2 is 1.60 bits per heavy atom. The fourth-order valence-electron chi connectivity index (χ4n) is 3.00. The van der Waals surface area contributed by atoms with Gasteiger partial charge in [-0.15, -0.1) is 0 Å². The Morgan fingerprint density at radius 3 is 2.20 bits per heavy atom. The zero-order chi connectivity index (χ0) is 18.1. The predicted molar refractivity (Wildman–Crippen MR) is 108 cm³/mol. The molecule has 2 rings (SSSR count). The van der Waals surface area contributed by atoms with Crippen molar-refractivity contribution in [2.24, 2.45) is 5.92 Å². The standard InChI is InChI=1S/C22H30ClNO/c1-17(2)4-7-20(19-8-12-22(25-3)13-9-19)14-15-24-16-18-5-10-21(23)11-6-18/h5-6,8-13,17,20,24H,4,7,14-16H2,1-3H3/t20-/m1/s1. The van der Waals surface area contributed by atoms with Gasteiger partial charge >= 0.3 is 0 Å². The lowest BCUT2D eigenvalue weighted by Gasteiger charge is -2.19. The van der Waals surface area contributed by atoms with Gasteiger partial charge in [0.15, 0.2) is 0 Å². The Bertz CT molecular complexity index is 607. The molecule has 0 aliphatic carbocycles. The maximum absolute atomic E-state index is 5.93. The van der Waals surface area contributed by atoms with Crippen LogP contribution in [0.4, 0.5) is 0 Å². The highest BCUT2D eigenvalue weighted by atomic mass is 35.5. The van der Waals surface area contributed by atoms with E-state index in [1.807, 2.05) is 12.1 Å². The molecule has 25 heavy (non-hydrogen) atoms. The van der Waals surface area contributed by atoms with Gasteiger partial charge in [-0.2, -0.15) is 0 Å². The first-order valence-corrected chi connectivity index (χ1v) is 9.55. The molecule has 0 amide bonds. The number of hydrogen-bond acceptors (Lipinski definition) is 2. The van der Waals surface area contributed by atoms with Crippen molar-refractivity contribution in [3.8, 4) is 5.75 Å². The first-order chi connectivity index (χ1) is 12.1. The molecule has 1 atom stereocenters. The van der Waals surface area contributed by atoms with Crippen LogP contribution >= 0.6 is 11.6 Å². The predicted octanol–water partition coefficient (Wildman–Crippen LogP) is 6.05. The van der Waals surface area contributed by atoms with Crippen LogP contribution in [-0.4, -0.2) is 13.7 Å². The van der Waals surface area contributed by atoms with Crippen molar-refractivity contribution in [1.29, 1.82) is 0 Å². The average molecular weight is 360 g/mol. The fraction of sp³-hybridized carbons (Fsp3) is 0.455. The van der Waals surface area contributed by atoms with Crippen molar-refractivity contribution in [2.75, 3.05) is 13.7 Å². The number of hydrogen-bond donors (Lipinski definition) is 1. The second-order valence-corrected chi connectivity index (χ2v) is 7.47. The molecule has 136 valence electrons. The number of benzene rings is 2. The summed E-state index contributed by atoms with van der Waals surface area (Å²) < 4.78 is 5.28. The minimum Gasteiger partial charge on any atom is -0.497 e. The average Bonchev–Trinajstić information content (AvgIpc) is 2.62. The third kappa shape index (κ3) is 7.09. The second kappa shape index (κ2) is 10.5. The number of nitrogens with one attached hydrogen (secondary N) is 1. The number of ether oxygens (including phenoxy) is 1. The number of methoxy groups -OCH3 is 1. The van der Waals surface area contributed by atoms with E-state index in [0.717, 1.165) is 36.2 Å². The highest BCUT2D eigenvalue weighted by molar-refractivity contribution is 6.30. The van der Waals surface area contributed by atoms with E-state index >= 15 is 0 Å². The number of rotatable bonds is 10. The van der Waals surface area contributed by atoms with Gasteiger partial charge in [-0.25, -0.2) is 0 Å². The first kappa shape index (κ1) is 19.8. The van der Waals surface area contributed by atoms with Crippen LogP contribution in [0.1, 0.15) is 50.2 Å². The van der Waals surface area contributed by atoms with Gasteiger partial charge in [0.1, 0.15) is 5.75 Å². The highest BCUT2D eigenvalue weighted by Gasteiger charge is 2.12. The minimum atomic E-state index is 0.589. The zero-order valence-corrected chi connectivity index (χ0v) is 16.4. The van der Waals surface area contributed by atoms with Gasteiger partial charge < -0.3 is 10.1 Å². The smallest absolute Gasteiger partial charge is 0.118 e. The highest BCUT2D eigenvalue weighted by Crippen LogP contribution is 2.28. The Morgan fingerprint density at radius 1 is 0.920 bits per heavy atom. The molecule has 0 aliphatic rings. The van der Waals surface area contributed by atoms with Crippen molar-refractivity contribution in [2.45, 2.75) is 45.6 Å². The summed E-state index contributed by atoms with van der Waals surface area (Å²) in [5.41, 5.74) is 2.68. The Hall–Kier alpha value is -1.51. The first-order valence-electron chi connectivity index (χ1n) is 9.17. The zero-order valence-electron chi connectivity index (χ0n) is 15.6. The monoisotopic (exact) mass is 359 g/mol. The molecule has 2 nitrogen and oxygen atoms in total. The van der Waals surface area contributed by atoms with Crippen molar-refractivity contribution < 1.29 is 4.74 Å². The van der Waals surface area contributed by atoms with E-state index in [-0.39, 0.29) is 0 Å². The molecule has 0 heterocycles. The van der Waals surface area contributed by atoms with Crippen LogP contribution in [0.25, 0.3) is 0 Å². The van der Waals surface area contributed by atoms with E-state index < -0.39 is 0 Å². The van der Waals surface area contributed by atoms with Crippen molar-refractivity contribution in [3.05, 3.63) is 64.7 Å². The summed E-state index contributed by atoms with van der Waals surface area (Å²) in [5, 5.41) is 4.35. The van der Waals surface area contributed by atoms with E-state index in [1.54, 1.807) is 7.11 Å². The number of halogens is 1. The summed E-state index contributed by atoms with van der Waals surface area (Å²) >= 11 is 5.93. The summed E-state index contributed by atoms with van der Waals surface area (Å²) in [4.78, 5) is 0. The summed E-state index contributed by atoms with van der Waals surface area (Å²) in [6.07, 6.45) is 3.63. The van der Waals surface area contributed by atoms with Crippen molar-refractivity contribution in [3.63, 3.8) is 0 Å². The SMILES string of the molecule is COc1ccc([C@@H](CCNCc2ccc(Cl)cc2)CCC(C)C)cc1. The second-order valence-electron chi connectivity index (χ2n) is 7.03. The topological polar surface area (TPSA) is 21.3 Å². The van der Waals surface area contributed by atoms with Crippen LogP contribution in [0.3, 0.4) is 0 Å². The quantitative estimate of drug-likeness (QED) is 0.521. The Kier molecular flexibility index (Phi) is 8.30. The molecule has 3 heteroatoms. The van der Waals surface area contributed by atoms with Crippen LogP contribution < -0.4 is 10.1 Å². The Labute approximate surface area is 157 Å². The van der Waals surface area contributed by atoms with Gasteiger partial charge in [0, 0.05) is 11.6 Å². The molecule has 0 radical (unpaired) electrons. The molecule has 0 saturated carbocycles. The van der Waals surface area contributed by atoms with Gasteiger partial charge in [-0.05, 0) is 66.6 Å². The van der Waals surface area contributed by atoms with Gasteiger partial charge in [-0.1, -0.05) is 56.1 Å². The molecular weight excluding hydrogens is 330 g/mol. The molecular formula is C22H30ClNO. The molecule has 0 aromatic heterocycles. The maximum atomic E-state index is 5.93. The summed E-state index contributed by atoms with van der Waals surface area (Å²) in [5.74, 6) is 2.25. The van der Waals surface area contributed by atoms with E-state index in [4.69, 9.17) is 16.3 Å². The lowest BCUT2D eigenvalue weighted by atomic mass is 9.88. The van der Waals surface area contributed by atoms with Crippen LogP contribution in [0.5, 0.6) is 5.75 Å². The molecule has 2 aromatic rings. The van der Waals surface area contributed by atoms with Crippen molar-refractivity contribution in [1.82, 2.24) is 5.32 Å². The summed E-state index contributed by atoms with van der Waals surface area (Å²) in [6, 6.07) is 16.6. The molecule has 0 saturated heterocycles. The molecule has 0 fully saturated rings. The molecule has 2 aromatic carbocycles. The van der Waals surface area contributed by atoms with Gasteiger partial charge in [-0.3, -0.25) is 0 Å². The third-order valence-electron chi connectivity index (χ3n) is 4.59. The van der Waals surface area contributed by atoms with Crippen LogP contribution in [-0.2, 0) is 6.54 Å². The summed E-state index contributed by atoms with van der Waals surface area (Å²) in [6.45, 7) is 6.49. The van der Waals surface area contributed by atoms with E-state index in [0.29, 0.717) is 5.92 Å². The normalized spacial score (nSPS) is 12.4. The van der Waals surface area contributed by atoms with Crippen LogP contribution in [0, 0.1) is 5.92 Å². The largest absolute Gasteiger partial charge is 0.497 e. The van der Waals surface area contributed by atoms with Crippen molar-refractivity contribution >= 4 is 11.6 Å². The van der Waals surface area contributed by atoms with E-state index in [1.165, 1.54) is 24.0 Å². The van der Waals surface area contributed by atoms with E-state index in [9.17, 15) is 0 Å². The maximum Gasteiger partial charge on any atom is 0.118 e. The molecule has 0 bridgehead atoms. The third-order valence-corrected chi connectivity index (χ3v) is 4.84. The molecule has 0 unspecified atom stereocenters. The summed E-state index contributed by atoms with van der Waals surface area (Å²) in [7, 11) is 1.71. The lowest BCUT2D eigenvalue weighted by Crippen LogP contribution is -2.17. The van der Waals surface area contributed by atoms with Crippen LogP contribution in [0.15, 0.2) is 48.5 Å². The molecule has 0 spiro atoms. The Balaban J connectivity index is 1.87. The van der Waals surface area contributed by atoms with Gasteiger partial charge in [0.2, 0.25) is 0 Å². The minimum absolute atomic E-state index is 0.589. The van der Waals surface area contributed by atoms with Crippen LogP contribution in [0.2, 0.25) is 5.02 Å². The molecule has 1 N–H and O–H groups in total. The fourth-order valence-corrected chi connectivity index (χ4v) is 3.13. The van der Waals surface area contributed by atoms with Gasteiger partial charge in [0.05, 0.1) is 7.11 Å².